The topological polar surface area (TPSA) is 222 Å². The molecule has 5 heterocycles. The second-order valence-electron chi connectivity index (χ2n) is 8.56. The van der Waals surface area contributed by atoms with Crippen molar-refractivity contribution in [2.75, 3.05) is 18.9 Å². The lowest BCUT2D eigenvalue weighted by atomic mass is 10.1. The molecule has 0 aromatic carbocycles. The van der Waals surface area contributed by atoms with Crippen LogP contribution < -0.4 is 17.0 Å². The molecule has 2 aliphatic rings. The molecule has 6 N–H and O–H groups in total. The molecular formula is C19H23FN7O9PS. The summed E-state index contributed by atoms with van der Waals surface area (Å²) in [5, 5.41) is 20.1. The minimum Gasteiger partial charge on any atom is -0.394 e. The van der Waals surface area contributed by atoms with Crippen LogP contribution in [0.2, 0.25) is 0 Å². The highest BCUT2D eigenvalue weighted by Crippen LogP contribution is 2.50. The van der Waals surface area contributed by atoms with E-state index in [-0.39, 0.29) is 12.2 Å². The van der Waals surface area contributed by atoms with E-state index in [1.165, 1.54) is 12.7 Å². The van der Waals surface area contributed by atoms with Crippen molar-refractivity contribution in [2.45, 2.75) is 49.5 Å². The number of aliphatic hydroxyl groups is 2. The SMILES string of the molecule is Nc1ncnc2c1ncn2[C@H]1CC(O)[C@@H](COP(O)(=S)OC2[C@@H](CO)O[C@@H](n3ccc(=O)[nH]c3=O)[C@H]2F)O1. The Balaban J connectivity index is 1.24. The number of rotatable bonds is 8. The Morgan fingerprint density at radius 1 is 1.26 bits per heavy atom. The Morgan fingerprint density at radius 2 is 2.05 bits per heavy atom. The first-order valence-electron chi connectivity index (χ1n) is 11.2. The van der Waals surface area contributed by atoms with Gasteiger partial charge in [-0.15, -0.1) is 0 Å². The Bertz CT molecular complexity index is 1490. The Labute approximate surface area is 217 Å². The minimum absolute atomic E-state index is 0.129. The van der Waals surface area contributed by atoms with Gasteiger partial charge < -0.3 is 34.8 Å². The Morgan fingerprint density at radius 3 is 2.79 bits per heavy atom. The van der Waals surface area contributed by atoms with Gasteiger partial charge in [0, 0.05) is 18.7 Å². The van der Waals surface area contributed by atoms with Crippen molar-refractivity contribution in [1.82, 2.24) is 29.1 Å². The average molecular weight is 575 g/mol. The number of nitrogens with one attached hydrogen (secondary N) is 1. The van der Waals surface area contributed by atoms with Crippen LogP contribution in [0.25, 0.3) is 11.2 Å². The van der Waals surface area contributed by atoms with E-state index in [1.807, 2.05) is 4.98 Å². The summed E-state index contributed by atoms with van der Waals surface area (Å²) < 4.78 is 39.5. The lowest BCUT2D eigenvalue weighted by molar-refractivity contribution is -0.0528. The molecule has 0 bridgehead atoms. The molecular weight excluding hydrogens is 552 g/mol. The standard InChI is InChI=1S/C19H23FN7O9PS/c20-13-15(9(4-28)35-18(13)26-2-1-11(30)25-19(26)31)36-37(32,38)33-5-10-8(29)3-12(34-10)27-7-24-14-16(21)22-6-23-17(14)27/h1-2,6-10,12-13,15,18,28-29H,3-5H2,(H,32,38)(H2,21,22,23)(H,25,30,31)/t8?,9-,10-,12-,13+,15?,18-,37?/m1/s1. The third-order valence-electron chi connectivity index (χ3n) is 6.13. The van der Waals surface area contributed by atoms with Crippen LogP contribution in [-0.2, 0) is 30.3 Å². The normalized spacial score (nSPS) is 31.1. The molecule has 206 valence electrons. The minimum atomic E-state index is -4.16. The van der Waals surface area contributed by atoms with E-state index in [4.69, 9.17) is 36.1 Å². The molecule has 2 aliphatic heterocycles. The van der Waals surface area contributed by atoms with Gasteiger partial charge in [-0.3, -0.25) is 23.4 Å². The maximum absolute atomic E-state index is 15.3. The third kappa shape index (κ3) is 5.14. The van der Waals surface area contributed by atoms with Crippen molar-refractivity contribution in [3.63, 3.8) is 0 Å². The maximum atomic E-state index is 15.3. The summed E-state index contributed by atoms with van der Waals surface area (Å²) >= 11 is 5.01. The van der Waals surface area contributed by atoms with Crippen molar-refractivity contribution in [3.05, 3.63) is 45.8 Å². The number of ether oxygens (including phenoxy) is 2. The summed E-state index contributed by atoms with van der Waals surface area (Å²) in [7, 11) is 0. The van der Waals surface area contributed by atoms with Crippen molar-refractivity contribution in [1.29, 1.82) is 0 Å². The van der Waals surface area contributed by atoms with E-state index >= 15 is 4.39 Å². The molecule has 3 unspecified atom stereocenters. The molecule has 0 aliphatic carbocycles. The summed E-state index contributed by atoms with van der Waals surface area (Å²) in [4.78, 5) is 48.1. The van der Waals surface area contributed by atoms with Crippen LogP contribution in [0.1, 0.15) is 18.9 Å². The van der Waals surface area contributed by atoms with Gasteiger partial charge in [-0.2, -0.15) is 0 Å². The fourth-order valence-corrected chi connectivity index (χ4v) is 5.72. The van der Waals surface area contributed by atoms with Gasteiger partial charge in [0.1, 0.15) is 36.4 Å². The second-order valence-corrected chi connectivity index (χ2v) is 11.3. The fraction of sp³-hybridized carbons (Fsp3) is 0.526. The molecule has 3 aromatic heterocycles. The van der Waals surface area contributed by atoms with E-state index in [0.717, 1.165) is 16.8 Å². The van der Waals surface area contributed by atoms with Crippen LogP contribution in [0.3, 0.4) is 0 Å². The molecule has 2 fully saturated rings. The Hall–Kier alpha value is -2.67. The van der Waals surface area contributed by atoms with Gasteiger partial charge in [-0.1, -0.05) is 0 Å². The molecule has 0 spiro atoms. The first-order chi connectivity index (χ1) is 18.1. The third-order valence-corrected chi connectivity index (χ3v) is 7.69. The van der Waals surface area contributed by atoms with Crippen molar-refractivity contribution in [3.8, 4) is 0 Å². The van der Waals surface area contributed by atoms with Crippen LogP contribution in [0.15, 0.2) is 34.5 Å². The van der Waals surface area contributed by atoms with E-state index in [2.05, 4.69) is 15.0 Å². The second kappa shape index (κ2) is 10.5. The lowest BCUT2D eigenvalue weighted by Crippen LogP contribution is -2.36. The predicted octanol–water partition coefficient (Wildman–Crippen LogP) is -1.55. The molecule has 19 heteroatoms. The van der Waals surface area contributed by atoms with E-state index in [0.29, 0.717) is 11.2 Å². The quantitative estimate of drug-likeness (QED) is 0.192. The zero-order valence-corrected chi connectivity index (χ0v) is 21.0. The molecule has 0 radical (unpaired) electrons. The monoisotopic (exact) mass is 575 g/mol. The number of nitrogen functional groups attached to an aromatic ring is 1. The average Bonchev–Trinajstić information content (AvgIpc) is 3.54. The molecule has 0 amide bonds. The molecule has 2 saturated heterocycles. The number of aliphatic hydroxyl groups excluding tert-OH is 2. The molecule has 3 aromatic rings. The molecule has 5 rings (SSSR count). The highest BCUT2D eigenvalue weighted by atomic mass is 32.5. The Kier molecular flexibility index (Phi) is 7.42. The van der Waals surface area contributed by atoms with Crippen LogP contribution in [0.4, 0.5) is 10.2 Å². The van der Waals surface area contributed by atoms with Gasteiger partial charge in [0.15, 0.2) is 23.9 Å². The first-order valence-corrected chi connectivity index (χ1v) is 13.8. The summed E-state index contributed by atoms with van der Waals surface area (Å²) in [5.74, 6) is 0.182. The number of alkyl halides is 1. The summed E-state index contributed by atoms with van der Waals surface area (Å²) in [6.45, 7) is -5.30. The number of fused-ring (bicyclic) bond motifs is 1. The van der Waals surface area contributed by atoms with Gasteiger partial charge in [-0.05, 0) is 11.8 Å². The van der Waals surface area contributed by atoms with Gasteiger partial charge >= 0.3 is 12.4 Å². The maximum Gasteiger partial charge on any atom is 0.330 e. The number of halogens is 1. The van der Waals surface area contributed by atoms with Gasteiger partial charge in [-0.25, -0.2) is 24.1 Å². The summed E-state index contributed by atoms with van der Waals surface area (Å²) in [6.07, 6.45) is -5.37. The largest absolute Gasteiger partial charge is 0.394 e. The molecule has 16 nitrogen and oxygen atoms in total. The zero-order chi connectivity index (χ0) is 27.2. The van der Waals surface area contributed by atoms with Crippen LogP contribution in [0, 0.1) is 0 Å². The smallest absolute Gasteiger partial charge is 0.330 e. The first kappa shape index (κ1) is 26.9. The number of nitrogens with zero attached hydrogens (tertiary/aromatic N) is 5. The number of nitrogens with two attached hydrogens (primary N) is 1. The molecule has 8 atom stereocenters. The van der Waals surface area contributed by atoms with Crippen LogP contribution in [-0.4, -0.2) is 88.0 Å². The predicted molar refractivity (Wildman–Crippen MR) is 129 cm³/mol. The highest BCUT2D eigenvalue weighted by Gasteiger charge is 2.49. The van der Waals surface area contributed by atoms with Crippen molar-refractivity contribution < 1.29 is 38.0 Å². The number of hydrogen-bond donors (Lipinski definition) is 5. The lowest BCUT2D eigenvalue weighted by Gasteiger charge is -2.25. The highest BCUT2D eigenvalue weighted by molar-refractivity contribution is 8.07. The number of aromatic amines is 1. The van der Waals surface area contributed by atoms with Crippen molar-refractivity contribution in [2.24, 2.45) is 0 Å². The van der Waals surface area contributed by atoms with E-state index in [9.17, 15) is 24.7 Å². The van der Waals surface area contributed by atoms with Crippen LogP contribution in [0.5, 0.6) is 0 Å². The van der Waals surface area contributed by atoms with Gasteiger partial charge in [0.05, 0.1) is 25.6 Å². The van der Waals surface area contributed by atoms with E-state index in [1.54, 1.807) is 4.57 Å². The number of hydrogen-bond acceptors (Lipinski definition) is 13. The van der Waals surface area contributed by atoms with Gasteiger partial charge in [0.2, 0.25) is 0 Å². The number of H-pyrrole nitrogens is 1. The summed E-state index contributed by atoms with van der Waals surface area (Å²) in [6, 6.07) is 0.994. The number of imidazole rings is 1. The van der Waals surface area contributed by atoms with Gasteiger partial charge in [0.25, 0.3) is 5.56 Å². The molecule has 38 heavy (non-hydrogen) atoms. The zero-order valence-electron chi connectivity index (χ0n) is 19.3. The summed E-state index contributed by atoms with van der Waals surface area (Å²) in [5.41, 5.74) is 4.93. The number of anilines is 1. The number of aromatic nitrogens is 6. The van der Waals surface area contributed by atoms with Crippen LogP contribution >= 0.6 is 6.72 Å². The van der Waals surface area contributed by atoms with Crippen molar-refractivity contribution >= 4 is 35.5 Å². The molecule has 0 saturated carbocycles. The van der Waals surface area contributed by atoms with E-state index < -0.39 is 74.2 Å². The fourth-order valence-electron chi connectivity index (χ4n) is 4.29.